The molecule has 0 radical (unpaired) electrons. The van der Waals surface area contributed by atoms with Gasteiger partial charge in [0.2, 0.25) is 0 Å². The molecule has 1 aromatic rings. The predicted molar refractivity (Wildman–Crippen MR) is 53.7 cm³/mol. The molecule has 0 bridgehead atoms. The Hall–Kier alpha value is -0.500. The first kappa shape index (κ1) is 11.6. The van der Waals surface area contributed by atoms with E-state index in [1.807, 2.05) is 0 Å². The first-order valence-electron chi connectivity index (χ1n) is 4.01. The highest BCUT2D eigenvalue weighted by atomic mass is 32.2. The molecule has 2 N–H and O–H groups in total. The van der Waals surface area contributed by atoms with Gasteiger partial charge in [-0.05, 0) is 13.8 Å². The molecule has 0 aliphatic rings. The largest absolute Gasteiger partial charge is 0.395 e. The number of hydrogen-bond acceptors (Lipinski definition) is 5. The SMILES string of the molecule is Cc1ncc(S(=O)(=O)N[C@@H](C)CO)s1. The van der Waals surface area contributed by atoms with Crippen molar-refractivity contribution in [1.29, 1.82) is 0 Å². The van der Waals surface area contributed by atoms with E-state index >= 15 is 0 Å². The number of aryl methyl sites for hydroxylation is 1. The van der Waals surface area contributed by atoms with Crippen LogP contribution in [0.4, 0.5) is 0 Å². The highest BCUT2D eigenvalue weighted by Crippen LogP contribution is 2.17. The molecule has 0 aromatic carbocycles. The third-order valence-electron chi connectivity index (χ3n) is 1.50. The normalized spacial score (nSPS) is 14.2. The predicted octanol–water partition coefficient (Wildman–Crippen LogP) is 0.111. The summed E-state index contributed by atoms with van der Waals surface area (Å²) in [5.41, 5.74) is 0. The van der Waals surface area contributed by atoms with Crippen LogP contribution in [0.15, 0.2) is 10.4 Å². The number of aromatic nitrogens is 1. The number of nitrogens with one attached hydrogen (secondary N) is 1. The number of aliphatic hydroxyl groups is 1. The summed E-state index contributed by atoms with van der Waals surface area (Å²) in [6, 6.07) is -0.484. The van der Waals surface area contributed by atoms with Crippen LogP contribution in [0.25, 0.3) is 0 Å². The van der Waals surface area contributed by atoms with Crippen LogP contribution >= 0.6 is 11.3 Å². The van der Waals surface area contributed by atoms with Crippen molar-refractivity contribution in [3.05, 3.63) is 11.2 Å². The Morgan fingerprint density at radius 1 is 1.71 bits per heavy atom. The van der Waals surface area contributed by atoms with E-state index in [1.54, 1.807) is 13.8 Å². The second-order valence-corrected chi connectivity index (χ2v) is 6.08. The summed E-state index contributed by atoms with van der Waals surface area (Å²) in [7, 11) is -3.50. The quantitative estimate of drug-likeness (QED) is 0.777. The lowest BCUT2D eigenvalue weighted by Gasteiger charge is -2.09. The summed E-state index contributed by atoms with van der Waals surface area (Å²) in [6.07, 6.45) is 1.31. The minimum Gasteiger partial charge on any atom is -0.395 e. The van der Waals surface area contributed by atoms with Crippen LogP contribution in [0.2, 0.25) is 0 Å². The van der Waals surface area contributed by atoms with Gasteiger partial charge in [0, 0.05) is 6.04 Å². The van der Waals surface area contributed by atoms with Crippen LogP contribution in [0.1, 0.15) is 11.9 Å². The summed E-state index contributed by atoms with van der Waals surface area (Å²) in [5.74, 6) is 0. The monoisotopic (exact) mass is 236 g/mol. The van der Waals surface area contributed by atoms with Crippen molar-refractivity contribution in [3.8, 4) is 0 Å². The highest BCUT2D eigenvalue weighted by Gasteiger charge is 2.19. The van der Waals surface area contributed by atoms with Crippen molar-refractivity contribution in [2.45, 2.75) is 24.1 Å². The number of sulfonamides is 1. The smallest absolute Gasteiger partial charge is 0.251 e. The molecule has 0 spiro atoms. The Labute approximate surface area is 86.9 Å². The highest BCUT2D eigenvalue weighted by molar-refractivity contribution is 7.91. The van der Waals surface area contributed by atoms with E-state index in [-0.39, 0.29) is 10.8 Å². The van der Waals surface area contributed by atoms with Gasteiger partial charge in [-0.2, -0.15) is 0 Å². The van der Waals surface area contributed by atoms with E-state index in [1.165, 1.54) is 6.20 Å². The van der Waals surface area contributed by atoms with Crippen molar-refractivity contribution in [2.75, 3.05) is 6.61 Å². The summed E-state index contributed by atoms with van der Waals surface area (Å²) >= 11 is 1.10. The van der Waals surface area contributed by atoms with Crippen molar-refractivity contribution in [2.24, 2.45) is 0 Å². The average Bonchev–Trinajstić information content (AvgIpc) is 2.51. The second kappa shape index (κ2) is 4.35. The Morgan fingerprint density at radius 3 is 2.79 bits per heavy atom. The Balaban J connectivity index is 2.86. The molecule has 0 unspecified atom stereocenters. The summed E-state index contributed by atoms with van der Waals surface area (Å²) in [4.78, 5) is 3.85. The number of nitrogens with zero attached hydrogens (tertiary/aromatic N) is 1. The van der Waals surface area contributed by atoms with Crippen LogP contribution in [0.3, 0.4) is 0 Å². The van der Waals surface area contributed by atoms with Crippen LogP contribution < -0.4 is 4.72 Å². The van der Waals surface area contributed by atoms with Crippen LogP contribution in [-0.2, 0) is 10.0 Å². The van der Waals surface area contributed by atoms with Gasteiger partial charge in [0.15, 0.2) is 4.21 Å². The minimum atomic E-state index is -3.50. The standard InChI is InChI=1S/C7H12N2O3S2/c1-5(4-10)9-14(11,12)7-3-8-6(2)13-7/h3,5,9-10H,4H2,1-2H3/t5-/m0/s1. The molecule has 80 valence electrons. The lowest BCUT2D eigenvalue weighted by Crippen LogP contribution is -2.34. The molecule has 14 heavy (non-hydrogen) atoms. The van der Waals surface area contributed by atoms with Gasteiger partial charge in [-0.1, -0.05) is 0 Å². The van der Waals surface area contributed by atoms with Gasteiger partial charge >= 0.3 is 0 Å². The molecule has 1 heterocycles. The maximum absolute atomic E-state index is 11.6. The Bertz CT molecular complexity index is 399. The van der Waals surface area contributed by atoms with Gasteiger partial charge in [-0.15, -0.1) is 11.3 Å². The van der Waals surface area contributed by atoms with E-state index in [9.17, 15) is 8.42 Å². The van der Waals surface area contributed by atoms with Gasteiger partial charge in [0.25, 0.3) is 10.0 Å². The molecule has 0 aliphatic heterocycles. The third kappa shape index (κ3) is 2.74. The lowest BCUT2D eigenvalue weighted by molar-refractivity contribution is 0.265. The molecule has 1 aromatic heterocycles. The zero-order valence-corrected chi connectivity index (χ0v) is 9.52. The minimum absolute atomic E-state index is 0.176. The zero-order chi connectivity index (χ0) is 10.8. The number of thiazole rings is 1. The van der Waals surface area contributed by atoms with Gasteiger partial charge in [0.1, 0.15) is 0 Å². The molecule has 0 fully saturated rings. The van der Waals surface area contributed by atoms with E-state index in [0.717, 1.165) is 11.3 Å². The molecule has 5 nitrogen and oxygen atoms in total. The first-order valence-corrected chi connectivity index (χ1v) is 6.31. The van der Waals surface area contributed by atoms with Crippen molar-refractivity contribution in [3.63, 3.8) is 0 Å². The van der Waals surface area contributed by atoms with E-state index in [0.29, 0.717) is 5.01 Å². The van der Waals surface area contributed by atoms with E-state index in [4.69, 9.17) is 5.11 Å². The molecule has 0 aliphatic carbocycles. The summed E-state index contributed by atoms with van der Waals surface area (Å²) in [5, 5.41) is 9.41. The molecule has 1 rings (SSSR count). The number of aliphatic hydroxyl groups excluding tert-OH is 1. The number of rotatable bonds is 4. The fraction of sp³-hybridized carbons (Fsp3) is 0.571. The average molecular weight is 236 g/mol. The van der Waals surface area contributed by atoms with Crippen LogP contribution in [0.5, 0.6) is 0 Å². The maximum Gasteiger partial charge on any atom is 0.251 e. The summed E-state index contributed by atoms with van der Waals surface area (Å²) < 4.78 is 25.6. The van der Waals surface area contributed by atoms with Gasteiger partial charge in [-0.25, -0.2) is 18.1 Å². The first-order chi connectivity index (χ1) is 6.45. The molecule has 0 saturated carbocycles. The third-order valence-corrected chi connectivity index (χ3v) is 4.46. The van der Waals surface area contributed by atoms with E-state index in [2.05, 4.69) is 9.71 Å². The van der Waals surface area contributed by atoms with Crippen LogP contribution in [0, 0.1) is 6.92 Å². The van der Waals surface area contributed by atoms with E-state index < -0.39 is 16.1 Å². The van der Waals surface area contributed by atoms with Crippen LogP contribution in [-0.4, -0.2) is 31.2 Å². The maximum atomic E-state index is 11.6. The molecule has 1 atom stereocenters. The molecule has 7 heteroatoms. The lowest BCUT2D eigenvalue weighted by atomic mass is 10.4. The van der Waals surface area contributed by atoms with Crippen molar-refractivity contribution >= 4 is 21.4 Å². The summed E-state index contributed by atoms with van der Waals surface area (Å²) in [6.45, 7) is 3.10. The molecular formula is C7H12N2O3S2. The fourth-order valence-electron chi connectivity index (χ4n) is 0.826. The topological polar surface area (TPSA) is 79.3 Å². The molecule has 0 saturated heterocycles. The molecular weight excluding hydrogens is 224 g/mol. The number of hydrogen-bond donors (Lipinski definition) is 2. The Morgan fingerprint density at radius 2 is 2.36 bits per heavy atom. The second-order valence-electron chi connectivity index (χ2n) is 2.90. The zero-order valence-electron chi connectivity index (χ0n) is 7.89. The molecule has 0 amide bonds. The fourth-order valence-corrected chi connectivity index (χ4v) is 3.19. The van der Waals surface area contributed by atoms with Gasteiger partial charge in [-0.3, -0.25) is 0 Å². The van der Waals surface area contributed by atoms with Gasteiger partial charge < -0.3 is 5.11 Å². The van der Waals surface area contributed by atoms with Gasteiger partial charge in [0.05, 0.1) is 17.8 Å². The van der Waals surface area contributed by atoms with Crippen molar-refractivity contribution in [1.82, 2.24) is 9.71 Å². The van der Waals surface area contributed by atoms with Crippen molar-refractivity contribution < 1.29 is 13.5 Å². The Kier molecular flexibility index (Phi) is 3.59.